The Morgan fingerprint density at radius 1 is 1.21 bits per heavy atom. The van der Waals surface area contributed by atoms with Crippen LogP contribution in [0.4, 0.5) is 0 Å². The van der Waals surface area contributed by atoms with Crippen molar-refractivity contribution in [1.82, 2.24) is 0 Å². The van der Waals surface area contributed by atoms with Gasteiger partial charge in [-0.15, -0.1) is 0 Å². The highest BCUT2D eigenvalue weighted by Gasteiger charge is 2.29. The number of benzene rings is 1. The van der Waals surface area contributed by atoms with Gasteiger partial charge in [0.05, 0.1) is 19.3 Å². The SMILES string of the molecule is c1ccc2c(c1)CC(CC1CO1)CO2. The van der Waals surface area contributed by atoms with Gasteiger partial charge in [0.2, 0.25) is 0 Å². The average molecular weight is 190 g/mol. The van der Waals surface area contributed by atoms with E-state index >= 15 is 0 Å². The molecule has 2 atom stereocenters. The zero-order chi connectivity index (χ0) is 9.38. The summed E-state index contributed by atoms with van der Waals surface area (Å²) in [6, 6.07) is 8.33. The summed E-state index contributed by atoms with van der Waals surface area (Å²) in [4.78, 5) is 0. The molecule has 0 N–H and O–H groups in total. The minimum absolute atomic E-state index is 0.522. The number of ether oxygens (including phenoxy) is 2. The lowest BCUT2D eigenvalue weighted by atomic mass is 9.93. The molecular formula is C12H14O2. The van der Waals surface area contributed by atoms with Crippen molar-refractivity contribution < 1.29 is 9.47 Å². The van der Waals surface area contributed by atoms with Crippen molar-refractivity contribution >= 4 is 0 Å². The molecule has 0 amide bonds. The summed E-state index contributed by atoms with van der Waals surface area (Å²) >= 11 is 0. The van der Waals surface area contributed by atoms with Gasteiger partial charge in [-0.2, -0.15) is 0 Å². The molecule has 3 rings (SSSR count). The van der Waals surface area contributed by atoms with Crippen molar-refractivity contribution in [3.8, 4) is 5.75 Å². The maximum atomic E-state index is 5.71. The van der Waals surface area contributed by atoms with Crippen molar-refractivity contribution in [2.45, 2.75) is 18.9 Å². The third-order valence-corrected chi connectivity index (χ3v) is 2.95. The maximum Gasteiger partial charge on any atom is 0.122 e. The topological polar surface area (TPSA) is 21.8 Å². The molecule has 0 aliphatic carbocycles. The van der Waals surface area contributed by atoms with Crippen molar-refractivity contribution in [2.24, 2.45) is 5.92 Å². The summed E-state index contributed by atoms with van der Waals surface area (Å²) in [6.07, 6.45) is 2.83. The third kappa shape index (κ3) is 1.62. The molecule has 2 aliphatic rings. The van der Waals surface area contributed by atoms with Crippen LogP contribution >= 0.6 is 0 Å². The molecule has 1 saturated heterocycles. The Bertz CT molecular complexity index is 331. The molecule has 0 spiro atoms. The van der Waals surface area contributed by atoms with Gasteiger partial charge in [0.1, 0.15) is 5.75 Å². The minimum atomic E-state index is 0.522. The Morgan fingerprint density at radius 3 is 2.93 bits per heavy atom. The first kappa shape index (κ1) is 8.30. The number of hydrogen-bond donors (Lipinski definition) is 0. The summed E-state index contributed by atoms with van der Waals surface area (Å²) in [7, 11) is 0. The molecule has 14 heavy (non-hydrogen) atoms. The molecule has 0 bridgehead atoms. The Balaban J connectivity index is 1.72. The number of hydrogen-bond acceptors (Lipinski definition) is 2. The number of fused-ring (bicyclic) bond motifs is 1. The first-order valence-electron chi connectivity index (χ1n) is 5.24. The van der Waals surface area contributed by atoms with E-state index in [1.807, 2.05) is 6.07 Å². The van der Waals surface area contributed by atoms with E-state index in [4.69, 9.17) is 9.47 Å². The molecule has 1 fully saturated rings. The molecule has 2 heteroatoms. The van der Waals surface area contributed by atoms with Crippen LogP contribution in [0.5, 0.6) is 5.75 Å². The Kier molecular flexibility index (Phi) is 1.95. The van der Waals surface area contributed by atoms with Crippen molar-refractivity contribution in [3.05, 3.63) is 29.8 Å². The second kappa shape index (κ2) is 3.28. The van der Waals surface area contributed by atoms with E-state index in [9.17, 15) is 0 Å². The van der Waals surface area contributed by atoms with Gasteiger partial charge < -0.3 is 9.47 Å². The summed E-state index contributed by atoms with van der Waals surface area (Å²) in [5.41, 5.74) is 1.35. The average Bonchev–Trinajstić information content (AvgIpc) is 3.02. The monoisotopic (exact) mass is 190 g/mol. The lowest BCUT2D eigenvalue weighted by Crippen LogP contribution is -2.22. The molecule has 1 aromatic rings. The fraction of sp³-hybridized carbons (Fsp3) is 0.500. The van der Waals surface area contributed by atoms with Crippen LogP contribution < -0.4 is 4.74 Å². The van der Waals surface area contributed by atoms with Gasteiger partial charge in [0.25, 0.3) is 0 Å². The van der Waals surface area contributed by atoms with Gasteiger partial charge in [-0.1, -0.05) is 18.2 Å². The Labute approximate surface area is 83.8 Å². The lowest BCUT2D eigenvalue weighted by molar-refractivity contribution is 0.202. The van der Waals surface area contributed by atoms with E-state index in [-0.39, 0.29) is 0 Å². The second-order valence-corrected chi connectivity index (χ2v) is 4.18. The number of rotatable bonds is 2. The van der Waals surface area contributed by atoms with Crippen LogP contribution in [0.1, 0.15) is 12.0 Å². The molecule has 0 saturated carbocycles. The van der Waals surface area contributed by atoms with E-state index in [0.29, 0.717) is 12.0 Å². The first-order chi connectivity index (χ1) is 6.92. The van der Waals surface area contributed by atoms with Gasteiger partial charge in [-0.05, 0) is 30.4 Å². The zero-order valence-electron chi connectivity index (χ0n) is 8.11. The van der Waals surface area contributed by atoms with Crippen LogP contribution in [-0.2, 0) is 11.2 Å². The highest BCUT2D eigenvalue weighted by Crippen LogP contribution is 2.31. The van der Waals surface area contributed by atoms with Crippen LogP contribution in [-0.4, -0.2) is 19.3 Å². The summed E-state index contributed by atoms with van der Waals surface area (Å²) in [5.74, 6) is 1.72. The predicted molar refractivity (Wildman–Crippen MR) is 53.5 cm³/mol. The standard InChI is InChI=1S/C12H14O2/c1-2-4-12-10(3-1)5-9(7-14-12)6-11-8-13-11/h1-4,9,11H,5-8H2. The van der Waals surface area contributed by atoms with Crippen LogP contribution in [0, 0.1) is 5.92 Å². The third-order valence-electron chi connectivity index (χ3n) is 2.95. The molecule has 74 valence electrons. The normalized spacial score (nSPS) is 29.1. The van der Waals surface area contributed by atoms with E-state index in [0.717, 1.165) is 31.8 Å². The van der Waals surface area contributed by atoms with Crippen LogP contribution in [0.25, 0.3) is 0 Å². The minimum Gasteiger partial charge on any atom is -0.493 e. The van der Waals surface area contributed by atoms with Gasteiger partial charge in [0, 0.05) is 0 Å². The number of epoxide rings is 1. The molecule has 2 aliphatic heterocycles. The molecule has 1 aromatic carbocycles. The fourth-order valence-corrected chi connectivity index (χ4v) is 2.12. The molecule has 2 heterocycles. The summed E-state index contributed by atoms with van der Waals surface area (Å²) in [6.45, 7) is 1.81. The van der Waals surface area contributed by atoms with Gasteiger partial charge in [-0.25, -0.2) is 0 Å². The lowest BCUT2D eigenvalue weighted by Gasteiger charge is -2.24. The van der Waals surface area contributed by atoms with Crippen molar-refractivity contribution in [3.63, 3.8) is 0 Å². The smallest absolute Gasteiger partial charge is 0.122 e. The van der Waals surface area contributed by atoms with E-state index < -0.39 is 0 Å². The van der Waals surface area contributed by atoms with Crippen LogP contribution in [0.2, 0.25) is 0 Å². The van der Waals surface area contributed by atoms with Crippen LogP contribution in [0.3, 0.4) is 0 Å². The molecular weight excluding hydrogens is 176 g/mol. The fourth-order valence-electron chi connectivity index (χ4n) is 2.12. The second-order valence-electron chi connectivity index (χ2n) is 4.18. The van der Waals surface area contributed by atoms with Gasteiger partial charge >= 0.3 is 0 Å². The molecule has 2 unspecified atom stereocenters. The summed E-state index contributed by atoms with van der Waals surface area (Å²) < 4.78 is 11.0. The van der Waals surface area contributed by atoms with E-state index in [1.165, 1.54) is 5.56 Å². The zero-order valence-corrected chi connectivity index (χ0v) is 8.11. The molecule has 0 aromatic heterocycles. The molecule has 0 radical (unpaired) electrons. The maximum absolute atomic E-state index is 5.71. The first-order valence-corrected chi connectivity index (χ1v) is 5.24. The number of para-hydroxylation sites is 1. The highest BCUT2D eigenvalue weighted by molar-refractivity contribution is 5.35. The predicted octanol–water partition coefficient (Wildman–Crippen LogP) is 2.03. The Hall–Kier alpha value is -1.02. The largest absolute Gasteiger partial charge is 0.493 e. The van der Waals surface area contributed by atoms with Gasteiger partial charge in [-0.3, -0.25) is 0 Å². The summed E-state index contributed by atoms with van der Waals surface area (Å²) in [5, 5.41) is 0. The Morgan fingerprint density at radius 2 is 2.07 bits per heavy atom. The highest BCUT2D eigenvalue weighted by atomic mass is 16.6. The van der Waals surface area contributed by atoms with Crippen LogP contribution in [0.15, 0.2) is 24.3 Å². The van der Waals surface area contributed by atoms with E-state index in [2.05, 4.69) is 18.2 Å². The van der Waals surface area contributed by atoms with Crippen molar-refractivity contribution in [2.75, 3.05) is 13.2 Å². The van der Waals surface area contributed by atoms with Crippen molar-refractivity contribution in [1.29, 1.82) is 0 Å². The van der Waals surface area contributed by atoms with Gasteiger partial charge in [0.15, 0.2) is 0 Å². The quantitative estimate of drug-likeness (QED) is 0.665. The van der Waals surface area contributed by atoms with E-state index in [1.54, 1.807) is 0 Å². The molecule has 2 nitrogen and oxygen atoms in total.